The largest absolute Gasteiger partial charge is 0.308 e. The summed E-state index contributed by atoms with van der Waals surface area (Å²) in [6, 6.07) is 7.37. The molecule has 4 aromatic heterocycles. The van der Waals surface area contributed by atoms with Gasteiger partial charge in [-0.25, -0.2) is 22.8 Å². The summed E-state index contributed by atoms with van der Waals surface area (Å²) in [5.74, 6) is -0.708. The summed E-state index contributed by atoms with van der Waals surface area (Å²) in [5.41, 5.74) is 2.07. The molecule has 0 atom stereocenters. The Morgan fingerprint density at radius 1 is 1.16 bits per heavy atom. The van der Waals surface area contributed by atoms with Crippen LogP contribution in [0.4, 0.5) is 19.0 Å². The van der Waals surface area contributed by atoms with E-state index in [1.54, 1.807) is 43.9 Å². The fourth-order valence-electron chi connectivity index (χ4n) is 4.25. The first-order valence-corrected chi connectivity index (χ1v) is 11.9. The van der Waals surface area contributed by atoms with E-state index < -0.39 is 18.1 Å². The lowest BCUT2D eigenvalue weighted by Gasteiger charge is -2.08. The number of hydrogen-bond donors (Lipinski definition) is 1. The molecular formula is C25H22ClF3N8O. The molecule has 0 unspecified atom stereocenters. The highest BCUT2D eigenvalue weighted by molar-refractivity contribution is 6.31. The van der Waals surface area contributed by atoms with Gasteiger partial charge in [0.2, 0.25) is 5.91 Å². The third-order valence-electron chi connectivity index (χ3n) is 6.06. The monoisotopic (exact) mass is 542 g/mol. The number of halogens is 4. The van der Waals surface area contributed by atoms with Crippen molar-refractivity contribution in [2.75, 3.05) is 5.32 Å². The SMILES string of the molecule is Cc1nn(CC(=O)Nc2cc(C)n(Cc3c(F)cccc3Cl)n2)c2nc(-c3cnn(C)c3)cc(C(F)F)c12. The molecule has 38 heavy (non-hydrogen) atoms. The maximum atomic E-state index is 14.2. The van der Waals surface area contributed by atoms with Crippen LogP contribution in [0, 0.1) is 19.7 Å². The number of fused-ring (bicyclic) bond motifs is 1. The van der Waals surface area contributed by atoms with Crippen molar-refractivity contribution in [2.45, 2.75) is 33.4 Å². The Bertz CT molecular complexity index is 1650. The molecule has 5 rings (SSSR count). The van der Waals surface area contributed by atoms with Gasteiger partial charge in [-0.1, -0.05) is 17.7 Å². The lowest BCUT2D eigenvalue weighted by atomic mass is 10.1. The van der Waals surface area contributed by atoms with Crippen LogP contribution in [-0.2, 0) is 24.9 Å². The number of alkyl halides is 2. The molecule has 0 bridgehead atoms. The number of rotatable bonds is 7. The first-order chi connectivity index (χ1) is 18.1. The van der Waals surface area contributed by atoms with E-state index in [4.69, 9.17) is 11.6 Å². The van der Waals surface area contributed by atoms with Gasteiger partial charge in [0.15, 0.2) is 11.5 Å². The van der Waals surface area contributed by atoms with Crippen LogP contribution >= 0.6 is 11.6 Å². The Morgan fingerprint density at radius 2 is 1.95 bits per heavy atom. The van der Waals surface area contributed by atoms with E-state index in [2.05, 4.69) is 25.6 Å². The molecular weight excluding hydrogens is 521 g/mol. The van der Waals surface area contributed by atoms with Crippen molar-refractivity contribution in [3.05, 3.63) is 76.1 Å². The minimum absolute atomic E-state index is 0.0770. The number of hydrogen-bond acceptors (Lipinski definition) is 5. The molecule has 0 fully saturated rings. The van der Waals surface area contributed by atoms with Crippen LogP contribution in [0.3, 0.4) is 0 Å². The highest BCUT2D eigenvalue weighted by Gasteiger charge is 2.22. The van der Waals surface area contributed by atoms with Gasteiger partial charge < -0.3 is 5.32 Å². The fraction of sp³-hybridized carbons (Fsp3) is 0.240. The average Bonchev–Trinajstić information content (AvgIpc) is 3.53. The predicted molar refractivity (Wildman–Crippen MR) is 136 cm³/mol. The molecule has 1 amide bonds. The van der Waals surface area contributed by atoms with E-state index in [0.29, 0.717) is 22.6 Å². The second-order valence-electron chi connectivity index (χ2n) is 8.82. The number of anilines is 1. The van der Waals surface area contributed by atoms with Crippen molar-refractivity contribution >= 4 is 34.4 Å². The summed E-state index contributed by atoms with van der Waals surface area (Å²) in [5, 5.41) is 15.9. The van der Waals surface area contributed by atoms with Crippen molar-refractivity contribution < 1.29 is 18.0 Å². The maximum absolute atomic E-state index is 14.2. The molecule has 0 aliphatic carbocycles. The molecule has 0 saturated heterocycles. The van der Waals surface area contributed by atoms with E-state index in [9.17, 15) is 18.0 Å². The topological polar surface area (TPSA) is 95.5 Å². The third-order valence-corrected chi connectivity index (χ3v) is 6.41. The zero-order valence-electron chi connectivity index (χ0n) is 20.6. The number of nitrogens with one attached hydrogen (secondary N) is 1. The van der Waals surface area contributed by atoms with E-state index >= 15 is 0 Å². The van der Waals surface area contributed by atoms with Crippen LogP contribution in [0.25, 0.3) is 22.3 Å². The van der Waals surface area contributed by atoms with Gasteiger partial charge in [-0.05, 0) is 32.0 Å². The van der Waals surface area contributed by atoms with Crippen LogP contribution in [0.1, 0.15) is 28.9 Å². The number of aryl methyl sites for hydroxylation is 3. The number of amides is 1. The van der Waals surface area contributed by atoms with Gasteiger partial charge in [-0.3, -0.25) is 14.2 Å². The quantitative estimate of drug-likeness (QED) is 0.310. The van der Waals surface area contributed by atoms with Crippen LogP contribution in [-0.4, -0.2) is 40.2 Å². The van der Waals surface area contributed by atoms with Crippen molar-refractivity contribution in [3.63, 3.8) is 0 Å². The number of aromatic nitrogens is 7. The molecule has 0 spiro atoms. The minimum atomic E-state index is -2.77. The van der Waals surface area contributed by atoms with E-state index in [0.717, 1.165) is 0 Å². The molecule has 1 N–H and O–H groups in total. The van der Waals surface area contributed by atoms with Crippen molar-refractivity contribution in [2.24, 2.45) is 7.05 Å². The number of nitrogens with zero attached hydrogens (tertiary/aromatic N) is 7. The van der Waals surface area contributed by atoms with Gasteiger partial charge in [0.1, 0.15) is 12.4 Å². The highest BCUT2D eigenvalue weighted by atomic mass is 35.5. The fourth-order valence-corrected chi connectivity index (χ4v) is 4.48. The van der Waals surface area contributed by atoms with Crippen LogP contribution in [0.15, 0.2) is 42.7 Å². The Balaban J connectivity index is 1.41. The molecule has 0 radical (unpaired) electrons. The average molecular weight is 543 g/mol. The van der Waals surface area contributed by atoms with Crippen LogP contribution in [0.5, 0.6) is 0 Å². The third kappa shape index (κ3) is 4.86. The number of carbonyl (C=O) groups excluding carboxylic acids is 1. The molecule has 0 aliphatic rings. The Labute approximate surface area is 219 Å². The molecule has 4 heterocycles. The smallest absolute Gasteiger partial charge is 0.264 e. The summed E-state index contributed by atoms with van der Waals surface area (Å²) in [6.07, 6.45) is 0.421. The molecule has 196 valence electrons. The maximum Gasteiger partial charge on any atom is 0.264 e. The van der Waals surface area contributed by atoms with Gasteiger partial charge in [0.05, 0.1) is 29.5 Å². The lowest BCUT2D eigenvalue weighted by Crippen LogP contribution is -2.20. The Morgan fingerprint density at radius 3 is 2.63 bits per heavy atom. The first-order valence-electron chi connectivity index (χ1n) is 11.5. The normalized spacial score (nSPS) is 11.6. The lowest BCUT2D eigenvalue weighted by molar-refractivity contribution is -0.116. The molecule has 13 heteroatoms. The van der Waals surface area contributed by atoms with Gasteiger partial charge >= 0.3 is 0 Å². The van der Waals surface area contributed by atoms with Gasteiger partial charge in [-0.15, -0.1) is 0 Å². The summed E-state index contributed by atoms with van der Waals surface area (Å²) in [4.78, 5) is 17.4. The summed E-state index contributed by atoms with van der Waals surface area (Å²) in [6.45, 7) is 3.14. The van der Waals surface area contributed by atoms with Crippen LogP contribution < -0.4 is 5.32 Å². The van der Waals surface area contributed by atoms with E-state index in [1.807, 2.05) is 0 Å². The highest BCUT2D eigenvalue weighted by Crippen LogP contribution is 2.33. The molecule has 0 aliphatic heterocycles. The summed E-state index contributed by atoms with van der Waals surface area (Å²) < 4.78 is 46.5. The second-order valence-corrected chi connectivity index (χ2v) is 9.23. The second kappa shape index (κ2) is 9.93. The number of carbonyl (C=O) groups is 1. The standard InChI is InChI=1S/C25H22ClF3N8O/c1-13-7-21(34-36(13)11-17-18(26)5-4-6-19(17)27)32-22(38)12-37-25-23(14(2)33-37)16(24(28)29)8-20(31-25)15-9-30-35(3)10-15/h4-10,24H,11-12H2,1-3H3,(H,32,34,38). The summed E-state index contributed by atoms with van der Waals surface area (Å²) >= 11 is 6.13. The Hall–Kier alpha value is -4.19. The molecule has 0 saturated carbocycles. The minimum Gasteiger partial charge on any atom is -0.308 e. The number of pyridine rings is 1. The first kappa shape index (κ1) is 25.5. The Kier molecular flexibility index (Phi) is 6.66. The van der Waals surface area contributed by atoms with Crippen molar-refractivity contribution in [1.82, 2.24) is 34.3 Å². The van der Waals surface area contributed by atoms with E-state index in [-0.39, 0.29) is 46.1 Å². The van der Waals surface area contributed by atoms with E-state index in [1.165, 1.54) is 33.8 Å². The zero-order valence-corrected chi connectivity index (χ0v) is 21.3. The molecule has 1 aromatic carbocycles. The molecule has 9 nitrogen and oxygen atoms in total. The van der Waals surface area contributed by atoms with Crippen LogP contribution in [0.2, 0.25) is 5.02 Å². The number of benzene rings is 1. The van der Waals surface area contributed by atoms with Crippen molar-refractivity contribution in [1.29, 1.82) is 0 Å². The molecule has 5 aromatic rings. The van der Waals surface area contributed by atoms with Crippen molar-refractivity contribution in [3.8, 4) is 11.3 Å². The van der Waals surface area contributed by atoms with Gasteiger partial charge in [0.25, 0.3) is 6.43 Å². The summed E-state index contributed by atoms with van der Waals surface area (Å²) in [7, 11) is 1.71. The predicted octanol–water partition coefficient (Wildman–Crippen LogP) is 5.06. The van der Waals surface area contributed by atoms with Gasteiger partial charge in [-0.2, -0.15) is 15.3 Å². The zero-order chi connectivity index (χ0) is 27.1. The van der Waals surface area contributed by atoms with Gasteiger partial charge in [0, 0.05) is 46.7 Å².